The van der Waals surface area contributed by atoms with Crippen molar-refractivity contribution in [2.45, 2.75) is 26.7 Å². The van der Waals surface area contributed by atoms with Gasteiger partial charge in [-0.2, -0.15) is 0 Å². The smallest absolute Gasteiger partial charge is 0.338 e. The summed E-state index contributed by atoms with van der Waals surface area (Å²) in [6, 6.07) is 13.7. The molecule has 8 heteroatoms. The van der Waals surface area contributed by atoms with Crippen LogP contribution in [0.2, 0.25) is 0 Å². The van der Waals surface area contributed by atoms with Gasteiger partial charge in [0.25, 0.3) is 5.91 Å². The van der Waals surface area contributed by atoms with Crippen LogP contribution in [0.5, 0.6) is 0 Å². The van der Waals surface area contributed by atoms with Gasteiger partial charge in [0.05, 0.1) is 18.1 Å². The van der Waals surface area contributed by atoms with E-state index < -0.39 is 30.4 Å². The summed E-state index contributed by atoms with van der Waals surface area (Å²) in [6.45, 7) is 3.89. The van der Waals surface area contributed by atoms with Crippen LogP contribution in [0, 0.1) is 12.8 Å². The summed E-state index contributed by atoms with van der Waals surface area (Å²) in [5.41, 5.74) is 2.59. The fraction of sp³-hybridized carbons (Fsp3) is 0.333. The number of esters is 2. The molecule has 3 rings (SSSR count). The van der Waals surface area contributed by atoms with Gasteiger partial charge in [0.1, 0.15) is 0 Å². The van der Waals surface area contributed by atoms with Crippen molar-refractivity contribution >= 4 is 35.1 Å². The molecule has 0 unspecified atom stereocenters. The summed E-state index contributed by atoms with van der Waals surface area (Å²) >= 11 is 0. The Morgan fingerprint density at radius 1 is 1.09 bits per heavy atom. The van der Waals surface area contributed by atoms with Crippen molar-refractivity contribution in [2.75, 3.05) is 30.0 Å². The molecule has 1 heterocycles. The molecule has 0 aromatic heterocycles. The fourth-order valence-corrected chi connectivity index (χ4v) is 3.34. The summed E-state index contributed by atoms with van der Waals surface area (Å²) in [7, 11) is 0. The molecule has 0 spiro atoms. The number of ether oxygens (including phenoxy) is 2. The van der Waals surface area contributed by atoms with Crippen LogP contribution < -0.4 is 10.2 Å². The van der Waals surface area contributed by atoms with Gasteiger partial charge in [-0.3, -0.25) is 14.4 Å². The van der Waals surface area contributed by atoms with Crippen molar-refractivity contribution in [3.63, 3.8) is 0 Å². The molecule has 2 aromatic rings. The number of hydrogen-bond donors (Lipinski definition) is 1. The van der Waals surface area contributed by atoms with Crippen LogP contribution in [-0.4, -0.2) is 43.5 Å². The average Bonchev–Trinajstić information content (AvgIpc) is 3.17. The number of rotatable bonds is 8. The second kappa shape index (κ2) is 10.6. The number of carbonyl (C=O) groups excluding carboxylic acids is 4. The van der Waals surface area contributed by atoms with Gasteiger partial charge >= 0.3 is 11.9 Å². The van der Waals surface area contributed by atoms with E-state index in [1.165, 1.54) is 4.90 Å². The van der Waals surface area contributed by atoms with E-state index in [1.54, 1.807) is 30.3 Å². The quantitative estimate of drug-likeness (QED) is 0.636. The predicted molar refractivity (Wildman–Crippen MR) is 118 cm³/mol. The van der Waals surface area contributed by atoms with E-state index in [4.69, 9.17) is 9.47 Å². The molecule has 0 bridgehead atoms. The molecule has 1 N–H and O–H groups in total. The highest BCUT2D eigenvalue weighted by molar-refractivity contribution is 6.00. The molecule has 1 fully saturated rings. The van der Waals surface area contributed by atoms with Gasteiger partial charge in [-0.15, -0.1) is 0 Å². The first-order chi connectivity index (χ1) is 15.4. The van der Waals surface area contributed by atoms with Crippen LogP contribution in [0.25, 0.3) is 0 Å². The normalized spacial score (nSPS) is 15.4. The molecule has 2 aromatic carbocycles. The van der Waals surface area contributed by atoms with Crippen LogP contribution in [0.4, 0.5) is 11.4 Å². The van der Waals surface area contributed by atoms with E-state index >= 15 is 0 Å². The van der Waals surface area contributed by atoms with Gasteiger partial charge in [0, 0.05) is 24.3 Å². The first-order valence-electron chi connectivity index (χ1n) is 10.5. The molecule has 168 valence electrons. The van der Waals surface area contributed by atoms with Gasteiger partial charge in [-0.1, -0.05) is 19.1 Å². The monoisotopic (exact) mass is 438 g/mol. The Hall–Kier alpha value is -3.68. The molecular weight excluding hydrogens is 412 g/mol. The van der Waals surface area contributed by atoms with E-state index in [0.717, 1.165) is 12.0 Å². The predicted octanol–water partition coefficient (Wildman–Crippen LogP) is 3.10. The molecule has 1 aliphatic heterocycles. The first kappa shape index (κ1) is 23.0. The molecule has 1 atom stereocenters. The van der Waals surface area contributed by atoms with Gasteiger partial charge in [-0.05, 0) is 55.3 Å². The maximum Gasteiger partial charge on any atom is 0.338 e. The van der Waals surface area contributed by atoms with E-state index in [9.17, 15) is 19.2 Å². The number of nitrogens with one attached hydrogen (secondary N) is 1. The van der Waals surface area contributed by atoms with Crippen molar-refractivity contribution in [3.8, 4) is 0 Å². The Bertz CT molecular complexity index is 1000. The van der Waals surface area contributed by atoms with Crippen LogP contribution in [-0.2, 0) is 23.9 Å². The Balaban J connectivity index is 1.51. The van der Waals surface area contributed by atoms with E-state index in [2.05, 4.69) is 5.32 Å². The highest BCUT2D eigenvalue weighted by atomic mass is 16.5. The highest BCUT2D eigenvalue weighted by Gasteiger charge is 2.36. The van der Waals surface area contributed by atoms with Crippen molar-refractivity contribution in [2.24, 2.45) is 5.92 Å². The lowest BCUT2D eigenvalue weighted by Gasteiger charge is -2.17. The third-order valence-corrected chi connectivity index (χ3v) is 4.96. The van der Waals surface area contributed by atoms with Crippen LogP contribution in [0.1, 0.15) is 35.7 Å². The van der Waals surface area contributed by atoms with E-state index in [0.29, 0.717) is 23.5 Å². The topological polar surface area (TPSA) is 102 Å². The highest BCUT2D eigenvalue weighted by Crippen LogP contribution is 2.26. The van der Waals surface area contributed by atoms with Crippen LogP contribution in [0.15, 0.2) is 48.5 Å². The first-order valence-corrected chi connectivity index (χ1v) is 10.5. The largest absolute Gasteiger partial charge is 0.462 e. The molecule has 1 saturated heterocycles. The molecule has 2 amide bonds. The lowest BCUT2D eigenvalue weighted by Crippen LogP contribution is -2.28. The summed E-state index contributed by atoms with van der Waals surface area (Å²) in [6.07, 6.45) is 0.732. The number of hydrogen-bond acceptors (Lipinski definition) is 6. The second-order valence-corrected chi connectivity index (χ2v) is 7.61. The SMILES string of the molecule is CCCOC(=O)c1ccc(N2C[C@@H](C(=O)OCC(=O)Nc3cccc(C)c3)CC2=O)cc1. The molecule has 32 heavy (non-hydrogen) atoms. The minimum atomic E-state index is -0.663. The number of nitrogens with zero attached hydrogens (tertiary/aromatic N) is 1. The number of aryl methyl sites for hydroxylation is 1. The van der Waals surface area contributed by atoms with Gasteiger partial charge in [0.15, 0.2) is 6.61 Å². The van der Waals surface area contributed by atoms with Crippen molar-refractivity contribution < 1.29 is 28.7 Å². The Labute approximate surface area is 186 Å². The van der Waals surface area contributed by atoms with E-state index in [-0.39, 0.29) is 18.9 Å². The summed E-state index contributed by atoms with van der Waals surface area (Å²) in [5.74, 6) is -2.35. The Morgan fingerprint density at radius 2 is 1.84 bits per heavy atom. The molecule has 8 nitrogen and oxygen atoms in total. The standard InChI is InChI=1S/C24H26N2O6/c1-3-11-31-23(29)17-7-9-20(10-8-17)26-14-18(13-22(26)28)24(30)32-15-21(27)25-19-6-4-5-16(2)12-19/h4-10,12,18H,3,11,13-15H2,1-2H3,(H,25,27)/t18-/m0/s1. The van der Waals surface area contributed by atoms with Gasteiger partial charge in [0.2, 0.25) is 5.91 Å². The lowest BCUT2D eigenvalue weighted by atomic mass is 10.1. The van der Waals surface area contributed by atoms with Gasteiger partial charge in [-0.25, -0.2) is 4.79 Å². The summed E-state index contributed by atoms with van der Waals surface area (Å²) in [5, 5.41) is 2.67. The van der Waals surface area contributed by atoms with Crippen LogP contribution >= 0.6 is 0 Å². The van der Waals surface area contributed by atoms with Crippen molar-refractivity contribution in [1.82, 2.24) is 0 Å². The average molecular weight is 438 g/mol. The molecule has 0 aliphatic carbocycles. The number of carbonyl (C=O) groups is 4. The third kappa shape index (κ3) is 5.94. The number of amides is 2. The minimum absolute atomic E-state index is 0.00136. The molecular formula is C24H26N2O6. The zero-order valence-corrected chi connectivity index (χ0v) is 18.1. The summed E-state index contributed by atoms with van der Waals surface area (Å²) < 4.78 is 10.2. The third-order valence-electron chi connectivity index (χ3n) is 4.96. The lowest BCUT2D eigenvalue weighted by molar-refractivity contribution is -0.151. The molecule has 1 aliphatic rings. The number of benzene rings is 2. The molecule has 0 radical (unpaired) electrons. The Morgan fingerprint density at radius 3 is 2.53 bits per heavy atom. The second-order valence-electron chi connectivity index (χ2n) is 7.61. The zero-order valence-electron chi connectivity index (χ0n) is 18.1. The zero-order chi connectivity index (χ0) is 23.1. The van der Waals surface area contributed by atoms with Crippen molar-refractivity contribution in [3.05, 3.63) is 59.7 Å². The van der Waals surface area contributed by atoms with Gasteiger partial charge < -0.3 is 19.7 Å². The fourth-order valence-electron chi connectivity index (χ4n) is 3.34. The maximum absolute atomic E-state index is 12.4. The molecule has 0 saturated carbocycles. The van der Waals surface area contributed by atoms with Crippen molar-refractivity contribution in [1.29, 1.82) is 0 Å². The maximum atomic E-state index is 12.4. The van der Waals surface area contributed by atoms with Crippen LogP contribution in [0.3, 0.4) is 0 Å². The van der Waals surface area contributed by atoms with E-state index in [1.807, 2.05) is 32.0 Å². The summed E-state index contributed by atoms with van der Waals surface area (Å²) in [4.78, 5) is 50.2. The number of anilines is 2. The minimum Gasteiger partial charge on any atom is -0.462 e. The Kier molecular flexibility index (Phi) is 7.59.